The summed E-state index contributed by atoms with van der Waals surface area (Å²) in [6, 6.07) is 0. The van der Waals surface area contributed by atoms with E-state index in [-0.39, 0.29) is 5.92 Å². The molecule has 0 heterocycles. The zero-order valence-corrected chi connectivity index (χ0v) is 10.3. The van der Waals surface area contributed by atoms with E-state index in [2.05, 4.69) is 0 Å². The minimum absolute atomic E-state index is 0.261. The molecule has 5 heteroatoms. The van der Waals surface area contributed by atoms with Gasteiger partial charge in [0, 0.05) is 0 Å². The maximum atomic E-state index is 11.2. The molecular formula is C10H20O4S. The molecule has 0 radical (unpaired) electrons. The third-order valence-corrected chi connectivity index (χ3v) is 4.95. The van der Waals surface area contributed by atoms with E-state index in [0.717, 1.165) is 6.42 Å². The van der Waals surface area contributed by atoms with Crippen LogP contribution in [0.5, 0.6) is 0 Å². The van der Waals surface area contributed by atoms with E-state index in [1.54, 1.807) is 0 Å². The maximum absolute atomic E-state index is 11.2. The van der Waals surface area contributed by atoms with Gasteiger partial charge in [0.1, 0.15) is 5.25 Å². The molecule has 0 aromatic rings. The summed E-state index contributed by atoms with van der Waals surface area (Å²) in [7, 11) is -4.15. The van der Waals surface area contributed by atoms with E-state index in [4.69, 9.17) is 4.55 Å². The Morgan fingerprint density at radius 1 is 1.40 bits per heavy atom. The zero-order chi connectivity index (χ0) is 11.9. The van der Waals surface area contributed by atoms with Gasteiger partial charge < -0.3 is 5.11 Å². The summed E-state index contributed by atoms with van der Waals surface area (Å²) in [4.78, 5) is 0. The normalized spacial score (nSPS) is 38.3. The summed E-state index contributed by atoms with van der Waals surface area (Å²) in [6.07, 6.45) is 1.60. The van der Waals surface area contributed by atoms with Gasteiger partial charge in [0.2, 0.25) is 0 Å². The van der Waals surface area contributed by atoms with Gasteiger partial charge in [-0.25, -0.2) is 0 Å². The fourth-order valence-corrected chi connectivity index (χ4v) is 3.58. The lowest BCUT2D eigenvalue weighted by molar-refractivity contribution is 0.00357. The van der Waals surface area contributed by atoms with Crippen molar-refractivity contribution in [3.8, 4) is 0 Å². The number of aliphatic hydroxyl groups is 1. The van der Waals surface area contributed by atoms with Gasteiger partial charge >= 0.3 is 0 Å². The molecule has 0 aromatic heterocycles. The van der Waals surface area contributed by atoms with Crippen LogP contribution in [-0.2, 0) is 10.1 Å². The molecule has 15 heavy (non-hydrogen) atoms. The lowest BCUT2D eigenvalue weighted by Gasteiger charge is -2.40. The van der Waals surface area contributed by atoms with Crippen LogP contribution in [0.3, 0.4) is 0 Å². The van der Waals surface area contributed by atoms with Crippen LogP contribution in [0.15, 0.2) is 0 Å². The van der Waals surface area contributed by atoms with Crippen LogP contribution in [0.25, 0.3) is 0 Å². The van der Waals surface area contributed by atoms with Gasteiger partial charge in [-0.2, -0.15) is 8.42 Å². The summed E-state index contributed by atoms with van der Waals surface area (Å²) in [5.41, 5.74) is -1.29. The third-order valence-electron chi connectivity index (χ3n) is 3.53. The van der Waals surface area contributed by atoms with Crippen LogP contribution in [0.4, 0.5) is 0 Å². The van der Waals surface area contributed by atoms with Crippen molar-refractivity contribution < 1.29 is 18.1 Å². The van der Waals surface area contributed by atoms with E-state index < -0.39 is 21.0 Å². The standard InChI is InChI=1S/C10H20O4S/c1-7(2)8-4-5-10(3,11)9(6-8)15(12,13)14/h7-9,11H,4-6H2,1-3H3,(H,12,13,14)/t8-,9+,10?/m1/s1. The van der Waals surface area contributed by atoms with Crippen molar-refractivity contribution in [1.82, 2.24) is 0 Å². The largest absolute Gasteiger partial charge is 0.389 e. The Labute approximate surface area is 91.4 Å². The van der Waals surface area contributed by atoms with E-state index >= 15 is 0 Å². The van der Waals surface area contributed by atoms with Crippen LogP contribution in [-0.4, -0.2) is 28.9 Å². The molecule has 1 fully saturated rings. The molecule has 0 spiro atoms. The van der Waals surface area contributed by atoms with Gasteiger partial charge in [0.15, 0.2) is 0 Å². The van der Waals surface area contributed by atoms with Crippen molar-refractivity contribution in [1.29, 1.82) is 0 Å². The predicted molar refractivity (Wildman–Crippen MR) is 58.1 cm³/mol. The van der Waals surface area contributed by atoms with Crippen molar-refractivity contribution >= 4 is 10.1 Å². The van der Waals surface area contributed by atoms with Crippen LogP contribution in [0, 0.1) is 11.8 Å². The zero-order valence-electron chi connectivity index (χ0n) is 9.47. The first-order chi connectivity index (χ1) is 6.64. The van der Waals surface area contributed by atoms with Gasteiger partial charge in [-0.15, -0.1) is 0 Å². The Bertz CT molecular complexity index is 318. The van der Waals surface area contributed by atoms with Crippen molar-refractivity contribution in [2.75, 3.05) is 0 Å². The number of hydrogen-bond acceptors (Lipinski definition) is 3. The lowest BCUT2D eigenvalue weighted by Crippen LogP contribution is -2.49. The van der Waals surface area contributed by atoms with Crippen molar-refractivity contribution in [2.45, 2.75) is 50.9 Å². The monoisotopic (exact) mass is 236 g/mol. The first kappa shape index (κ1) is 12.9. The number of hydrogen-bond donors (Lipinski definition) is 2. The first-order valence-electron chi connectivity index (χ1n) is 5.33. The topological polar surface area (TPSA) is 74.6 Å². The molecule has 1 saturated carbocycles. The van der Waals surface area contributed by atoms with Crippen LogP contribution in [0.2, 0.25) is 0 Å². The average Bonchev–Trinajstić information content (AvgIpc) is 2.00. The second-order valence-corrected chi connectivity index (χ2v) is 6.74. The van der Waals surface area contributed by atoms with Gasteiger partial charge in [-0.05, 0) is 38.0 Å². The summed E-state index contributed by atoms with van der Waals surface area (Å²) in [6.45, 7) is 5.56. The molecule has 1 aliphatic rings. The van der Waals surface area contributed by atoms with Gasteiger partial charge in [-0.1, -0.05) is 13.8 Å². The molecule has 0 saturated heterocycles. The third kappa shape index (κ3) is 2.92. The summed E-state index contributed by atoms with van der Waals surface area (Å²) >= 11 is 0. The Balaban J connectivity index is 2.90. The van der Waals surface area contributed by atoms with E-state index in [9.17, 15) is 13.5 Å². The first-order valence-corrected chi connectivity index (χ1v) is 6.83. The quantitative estimate of drug-likeness (QED) is 0.712. The second kappa shape index (κ2) is 4.03. The van der Waals surface area contributed by atoms with E-state index in [0.29, 0.717) is 18.8 Å². The van der Waals surface area contributed by atoms with Crippen LogP contribution in [0.1, 0.15) is 40.0 Å². The highest BCUT2D eigenvalue weighted by Crippen LogP contribution is 2.38. The van der Waals surface area contributed by atoms with Crippen molar-refractivity contribution in [3.63, 3.8) is 0 Å². The summed E-state index contributed by atoms with van der Waals surface area (Å²) in [5, 5.41) is 8.89. The smallest absolute Gasteiger partial charge is 0.270 e. The Kier molecular flexibility index (Phi) is 3.48. The van der Waals surface area contributed by atoms with Gasteiger partial charge in [0.25, 0.3) is 10.1 Å². The minimum Gasteiger partial charge on any atom is -0.389 e. The highest BCUT2D eigenvalue weighted by Gasteiger charge is 2.45. The van der Waals surface area contributed by atoms with Crippen LogP contribution >= 0.6 is 0 Å². The molecule has 2 N–H and O–H groups in total. The molecule has 0 bridgehead atoms. The second-order valence-electron chi connectivity index (χ2n) is 5.14. The van der Waals surface area contributed by atoms with Crippen molar-refractivity contribution in [2.24, 2.45) is 11.8 Å². The molecule has 4 nitrogen and oxygen atoms in total. The fourth-order valence-electron chi connectivity index (χ4n) is 2.33. The highest BCUT2D eigenvalue weighted by atomic mass is 32.2. The van der Waals surface area contributed by atoms with Crippen LogP contribution < -0.4 is 0 Å². The molecule has 1 rings (SSSR count). The molecular weight excluding hydrogens is 216 g/mol. The van der Waals surface area contributed by atoms with E-state index in [1.807, 2.05) is 13.8 Å². The Morgan fingerprint density at radius 2 is 1.93 bits per heavy atom. The number of rotatable bonds is 2. The SMILES string of the molecule is CC(C)[C@@H]1CCC(C)(O)[C@@H](S(=O)(=O)O)C1. The molecule has 0 aliphatic heterocycles. The lowest BCUT2D eigenvalue weighted by atomic mass is 9.75. The summed E-state index contributed by atoms with van der Waals surface area (Å²) < 4.78 is 31.4. The minimum atomic E-state index is -4.15. The molecule has 0 amide bonds. The van der Waals surface area contributed by atoms with Crippen molar-refractivity contribution in [3.05, 3.63) is 0 Å². The Morgan fingerprint density at radius 3 is 2.33 bits per heavy atom. The molecule has 0 aromatic carbocycles. The molecule has 3 atom stereocenters. The summed E-state index contributed by atoms with van der Waals surface area (Å²) in [5.74, 6) is 0.641. The highest BCUT2D eigenvalue weighted by molar-refractivity contribution is 7.86. The van der Waals surface area contributed by atoms with Gasteiger partial charge in [-0.3, -0.25) is 4.55 Å². The maximum Gasteiger partial charge on any atom is 0.270 e. The predicted octanol–water partition coefficient (Wildman–Crippen LogP) is 1.45. The average molecular weight is 236 g/mol. The van der Waals surface area contributed by atoms with E-state index in [1.165, 1.54) is 6.92 Å². The fraction of sp³-hybridized carbons (Fsp3) is 1.00. The Hall–Kier alpha value is -0.130. The molecule has 1 aliphatic carbocycles. The van der Waals surface area contributed by atoms with Gasteiger partial charge in [0.05, 0.1) is 5.60 Å². The molecule has 90 valence electrons. The molecule has 1 unspecified atom stereocenters.